The van der Waals surface area contributed by atoms with Crippen molar-refractivity contribution in [2.24, 2.45) is 0 Å². The molecule has 1 saturated heterocycles. The van der Waals surface area contributed by atoms with Gasteiger partial charge in [0.15, 0.2) is 0 Å². The number of Topliss-reactive ketones (excluding diaryl/α,β-unsaturated/α-hetero) is 1. The highest BCUT2D eigenvalue weighted by atomic mass is 16.6. The number of nitrogens with zero attached hydrogens (tertiary/aromatic N) is 2. The van der Waals surface area contributed by atoms with Crippen LogP contribution in [0.5, 0.6) is 5.75 Å². The van der Waals surface area contributed by atoms with Crippen molar-refractivity contribution in [3.8, 4) is 5.75 Å². The van der Waals surface area contributed by atoms with E-state index in [-0.39, 0.29) is 29.1 Å². The van der Waals surface area contributed by atoms with Crippen LogP contribution in [0.25, 0.3) is 5.76 Å². The monoisotopic (exact) mass is 444 g/mol. The van der Waals surface area contributed by atoms with Gasteiger partial charge in [-0.2, -0.15) is 0 Å². The van der Waals surface area contributed by atoms with E-state index in [0.717, 1.165) is 5.56 Å². The summed E-state index contributed by atoms with van der Waals surface area (Å²) in [5.74, 6) is -1.32. The lowest BCUT2D eigenvalue weighted by atomic mass is 9.95. The van der Waals surface area contributed by atoms with E-state index in [1.165, 1.54) is 29.2 Å². The molecule has 1 fully saturated rings. The van der Waals surface area contributed by atoms with Gasteiger partial charge in [-0.1, -0.05) is 42.5 Å². The number of nitro groups is 1. The average molecular weight is 444 g/mol. The highest BCUT2D eigenvalue weighted by Gasteiger charge is 2.46. The number of methoxy groups -OCH3 is 1. The largest absolute Gasteiger partial charge is 0.507 e. The number of likely N-dealkylation sites (tertiary alicyclic amines) is 1. The van der Waals surface area contributed by atoms with Gasteiger partial charge in [0, 0.05) is 24.2 Å². The van der Waals surface area contributed by atoms with Crippen molar-refractivity contribution in [3.05, 3.63) is 111 Å². The maximum Gasteiger partial charge on any atom is 0.295 e. The molecule has 1 aliphatic rings. The third-order valence-corrected chi connectivity index (χ3v) is 5.49. The molecular weight excluding hydrogens is 424 g/mol. The van der Waals surface area contributed by atoms with Gasteiger partial charge >= 0.3 is 0 Å². The maximum absolute atomic E-state index is 13.1. The molecule has 0 saturated carbocycles. The number of nitro benzene ring substituents is 1. The topological polar surface area (TPSA) is 110 Å². The standard InChI is InChI=1S/C25H20N2O6/c1-33-20-9-5-6-16(14-20)15-26-22(17-7-3-2-4-8-17)21(24(29)25(26)30)23(28)18-10-12-19(13-11-18)27(31)32/h2-14,22,28H,15H2,1H3/b23-21-. The van der Waals surface area contributed by atoms with E-state index in [0.29, 0.717) is 11.3 Å². The third-order valence-electron chi connectivity index (χ3n) is 5.49. The minimum absolute atomic E-state index is 0.0667. The van der Waals surface area contributed by atoms with Crippen LogP contribution in [0.1, 0.15) is 22.7 Å². The highest BCUT2D eigenvalue weighted by Crippen LogP contribution is 2.40. The summed E-state index contributed by atoms with van der Waals surface area (Å²) in [7, 11) is 1.54. The first-order valence-electron chi connectivity index (χ1n) is 10.1. The fraction of sp³-hybridized carbons (Fsp3) is 0.120. The molecule has 1 amide bonds. The Kier molecular flexibility index (Phi) is 5.91. The van der Waals surface area contributed by atoms with E-state index in [2.05, 4.69) is 0 Å². The zero-order valence-corrected chi connectivity index (χ0v) is 17.7. The minimum Gasteiger partial charge on any atom is -0.507 e. The van der Waals surface area contributed by atoms with Gasteiger partial charge in [0.05, 0.1) is 23.6 Å². The Bertz CT molecular complexity index is 1250. The fourth-order valence-electron chi connectivity index (χ4n) is 3.89. The van der Waals surface area contributed by atoms with Gasteiger partial charge in [0.1, 0.15) is 11.5 Å². The molecule has 1 N–H and O–H groups in total. The van der Waals surface area contributed by atoms with Crippen molar-refractivity contribution in [1.29, 1.82) is 0 Å². The lowest BCUT2D eigenvalue weighted by molar-refractivity contribution is -0.384. The van der Waals surface area contributed by atoms with Gasteiger partial charge in [-0.3, -0.25) is 19.7 Å². The smallest absolute Gasteiger partial charge is 0.295 e. The number of rotatable bonds is 6. The Morgan fingerprint density at radius 3 is 2.36 bits per heavy atom. The van der Waals surface area contributed by atoms with Crippen molar-refractivity contribution in [2.75, 3.05) is 7.11 Å². The average Bonchev–Trinajstić information content (AvgIpc) is 3.09. The second-order valence-electron chi connectivity index (χ2n) is 7.49. The number of aliphatic hydroxyl groups is 1. The van der Waals surface area contributed by atoms with Crippen LogP contribution >= 0.6 is 0 Å². The van der Waals surface area contributed by atoms with E-state index in [4.69, 9.17) is 4.74 Å². The molecule has 8 nitrogen and oxygen atoms in total. The number of ketones is 1. The van der Waals surface area contributed by atoms with Crippen molar-refractivity contribution in [3.63, 3.8) is 0 Å². The molecule has 1 unspecified atom stereocenters. The molecule has 0 aliphatic carbocycles. The highest BCUT2D eigenvalue weighted by molar-refractivity contribution is 6.46. The van der Waals surface area contributed by atoms with Crippen LogP contribution in [0, 0.1) is 10.1 Å². The number of carbonyl (C=O) groups is 2. The molecule has 3 aromatic carbocycles. The van der Waals surface area contributed by atoms with Crippen LogP contribution < -0.4 is 4.74 Å². The Labute approximate surface area is 189 Å². The van der Waals surface area contributed by atoms with Gasteiger partial charge in [0.25, 0.3) is 17.4 Å². The first kappa shape index (κ1) is 21.8. The third kappa shape index (κ3) is 4.18. The number of ether oxygens (including phenoxy) is 1. The van der Waals surface area contributed by atoms with Gasteiger partial charge in [-0.25, -0.2) is 0 Å². The lowest BCUT2D eigenvalue weighted by Gasteiger charge is -2.25. The summed E-state index contributed by atoms with van der Waals surface area (Å²) < 4.78 is 5.25. The second kappa shape index (κ2) is 8.96. The van der Waals surface area contributed by atoms with E-state index in [1.807, 2.05) is 12.1 Å². The Morgan fingerprint density at radius 1 is 1.03 bits per heavy atom. The first-order chi connectivity index (χ1) is 15.9. The molecule has 8 heteroatoms. The molecule has 1 atom stereocenters. The number of non-ortho nitro benzene ring substituents is 1. The zero-order valence-electron chi connectivity index (χ0n) is 17.7. The lowest BCUT2D eigenvalue weighted by Crippen LogP contribution is -2.29. The van der Waals surface area contributed by atoms with E-state index >= 15 is 0 Å². The van der Waals surface area contributed by atoms with Gasteiger partial charge in [-0.05, 0) is 35.4 Å². The van der Waals surface area contributed by atoms with Crippen LogP contribution in [-0.2, 0) is 16.1 Å². The number of hydrogen-bond acceptors (Lipinski definition) is 6. The van der Waals surface area contributed by atoms with E-state index < -0.39 is 22.7 Å². The molecule has 0 spiro atoms. The second-order valence-corrected chi connectivity index (χ2v) is 7.49. The molecule has 33 heavy (non-hydrogen) atoms. The summed E-state index contributed by atoms with van der Waals surface area (Å²) in [5.41, 5.74) is 1.41. The Balaban J connectivity index is 1.81. The molecule has 1 heterocycles. The Hall–Kier alpha value is -4.46. The quantitative estimate of drug-likeness (QED) is 0.200. The van der Waals surface area contributed by atoms with Crippen LogP contribution in [0.2, 0.25) is 0 Å². The van der Waals surface area contributed by atoms with Gasteiger partial charge in [-0.15, -0.1) is 0 Å². The van der Waals surface area contributed by atoms with Gasteiger partial charge < -0.3 is 14.7 Å². The van der Waals surface area contributed by atoms with Crippen molar-refractivity contribution in [1.82, 2.24) is 4.90 Å². The summed E-state index contributed by atoms with van der Waals surface area (Å²) in [4.78, 5) is 37.9. The predicted molar refractivity (Wildman–Crippen MR) is 120 cm³/mol. The molecule has 1 aliphatic heterocycles. The Morgan fingerprint density at radius 2 is 1.73 bits per heavy atom. The summed E-state index contributed by atoms with van der Waals surface area (Å²) in [6.45, 7) is 0.123. The van der Waals surface area contributed by atoms with E-state index in [1.54, 1.807) is 49.6 Å². The van der Waals surface area contributed by atoms with Crippen molar-refractivity contribution < 1.29 is 24.4 Å². The normalized spacial score (nSPS) is 17.2. The number of amides is 1. The molecule has 0 radical (unpaired) electrons. The maximum atomic E-state index is 13.1. The van der Waals surface area contributed by atoms with Crippen molar-refractivity contribution >= 4 is 23.1 Å². The SMILES string of the molecule is COc1cccc(CN2C(=O)C(=O)/C(=C(\O)c3ccc([N+](=O)[O-])cc3)C2c2ccccc2)c1. The molecule has 3 aromatic rings. The number of aliphatic hydroxyl groups excluding tert-OH is 1. The summed E-state index contributed by atoms with van der Waals surface area (Å²) >= 11 is 0. The van der Waals surface area contributed by atoms with Crippen LogP contribution in [-0.4, -0.2) is 33.7 Å². The number of hydrogen-bond donors (Lipinski definition) is 1. The molecular formula is C25H20N2O6. The summed E-state index contributed by atoms with van der Waals surface area (Å²) in [5, 5.41) is 22.0. The van der Waals surface area contributed by atoms with Crippen LogP contribution in [0.15, 0.2) is 84.4 Å². The first-order valence-corrected chi connectivity index (χ1v) is 10.1. The molecule has 0 aromatic heterocycles. The fourth-order valence-corrected chi connectivity index (χ4v) is 3.89. The molecule has 0 bridgehead atoms. The van der Waals surface area contributed by atoms with E-state index in [9.17, 15) is 24.8 Å². The number of carbonyl (C=O) groups excluding carboxylic acids is 2. The molecule has 4 rings (SSSR count). The summed E-state index contributed by atoms with van der Waals surface area (Å²) in [6, 6.07) is 20.4. The zero-order chi connectivity index (χ0) is 23.5. The van der Waals surface area contributed by atoms with Crippen molar-refractivity contribution in [2.45, 2.75) is 12.6 Å². The van der Waals surface area contributed by atoms with Crippen LogP contribution in [0.3, 0.4) is 0 Å². The van der Waals surface area contributed by atoms with Crippen LogP contribution in [0.4, 0.5) is 5.69 Å². The minimum atomic E-state index is -0.826. The summed E-state index contributed by atoms with van der Waals surface area (Å²) in [6.07, 6.45) is 0. The molecule has 166 valence electrons. The number of benzene rings is 3. The van der Waals surface area contributed by atoms with Gasteiger partial charge in [0.2, 0.25) is 0 Å². The predicted octanol–water partition coefficient (Wildman–Crippen LogP) is 4.23.